The van der Waals surface area contributed by atoms with Crippen LogP contribution in [0.5, 0.6) is 0 Å². The van der Waals surface area contributed by atoms with Crippen molar-refractivity contribution >= 4 is 11.8 Å². The third-order valence-electron chi connectivity index (χ3n) is 4.15. The molecule has 4 heteroatoms. The summed E-state index contributed by atoms with van der Waals surface area (Å²) in [5.41, 5.74) is 0. The molecule has 2 nitrogen and oxygen atoms in total. The molecule has 2 aliphatic rings. The summed E-state index contributed by atoms with van der Waals surface area (Å²) in [6.07, 6.45) is 5.31. The Morgan fingerprint density at radius 1 is 1.25 bits per heavy atom. The number of rotatable bonds is 7. The number of thioether (sulfide) groups is 1. The highest BCUT2D eigenvalue weighted by molar-refractivity contribution is 7.99. The van der Waals surface area contributed by atoms with Crippen LogP contribution in [0.4, 0.5) is 4.39 Å². The van der Waals surface area contributed by atoms with Crippen LogP contribution in [0, 0.1) is 5.82 Å². The monoisotopic (exact) mass is 294 g/mol. The average Bonchev–Trinajstić information content (AvgIpc) is 3.18. The highest BCUT2D eigenvalue weighted by atomic mass is 32.2. The molecule has 0 bridgehead atoms. The van der Waals surface area contributed by atoms with Gasteiger partial charge < -0.3 is 5.32 Å². The van der Waals surface area contributed by atoms with Gasteiger partial charge in [0.15, 0.2) is 0 Å². The van der Waals surface area contributed by atoms with Crippen molar-refractivity contribution in [2.45, 2.75) is 42.7 Å². The summed E-state index contributed by atoms with van der Waals surface area (Å²) in [7, 11) is 0. The zero-order valence-corrected chi connectivity index (χ0v) is 12.7. The minimum atomic E-state index is -0.0899. The summed E-state index contributed by atoms with van der Waals surface area (Å²) in [5.74, 6) is 0.886. The number of benzene rings is 1. The Morgan fingerprint density at radius 2 is 2.10 bits per heavy atom. The van der Waals surface area contributed by atoms with Gasteiger partial charge in [-0.15, -0.1) is 11.8 Å². The predicted molar refractivity (Wildman–Crippen MR) is 82.7 cm³/mol. The molecule has 1 atom stereocenters. The van der Waals surface area contributed by atoms with E-state index in [2.05, 4.69) is 10.2 Å². The van der Waals surface area contributed by atoms with Gasteiger partial charge in [0, 0.05) is 35.8 Å². The summed E-state index contributed by atoms with van der Waals surface area (Å²) >= 11 is 1.64. The van der Waals surface area contributed by atoms with Gasteiger partial charge >= 0.3 is 0 Å². The molecule has 1 aromatic rings. The number of hydrogen-bond acceptors (Lipinski definition) is 3. The first-order chi connectivity index (χ1) is 9.83. The summed E-state index contributed by atoms with van der Waals surface area (Å²) in [6, 6.07) is 8.55. The van der Waals surface area contributed by atoms with E-state index >= 15 is 0 Å². The molecular formula is C16H23FN2S. The van der Waals surface area contributed by atoms with Crippen molar-refractivity contribution in [1.29, 1.82) is 0 Å². The maximum absolute atomic E-state index is 13.6. The van der Waals surface area contributed by atoms with E-state index in [0.717, 1.165) is 23.2 Å². The summed E-state index contributed by atoms with van der Waals surface area (Å²) in [4.78, 5) is 3.39. The molecule has 20 heavy (non-hydrogen) atoms. The van der Waals surface area contributed by atoms with E-state index in [-0.39, 0.29) is 5.82 Å². The van der Waals surface area contributed by atoms with Crippen LogP contribution in [-0.2, 0) is 0 Å². The molecule has 0 aromatic heterocycles. The molecule has 1 saturated carbocycles. The van der Waals surface area contributed by atoms with Crippen molar-refractivity contribution in [2.75, 3.05) is 25.4 Å². The molecule has 1 aliphatic carbocycles. The van der Waals surface area contributed by atoms with Gasteiger partial charge in [-0.3, -0.25) is 4.90 Å². The quantitative estimate of drug-likeness (QED) is 0.778. The third-order valence-corrected chi connectivity index (χ3v) is 5.18. The first kappa shape index (κ1) is 14.4. The largest absolute Gasteiger partial charge is 0.313 e. The lowest BCUT2D eigenvalue weighted by molar-refractivity contribution is 0.254. The fourth-order valence-corrected chi connectivity index (χ4v) is 3.82. The second-order valence-electron chi connectivity index (χ2n) is 5.80. The van der Waals surface area contributed by atoms with E-state index in [0.29, 0.717) is 6.04 Å². The second kappa shape index (κ2) is 6.92. The molecule has 110 valence electrons. The zero-order chi connectivity index (χ0) is 13.8. The van der Waals surface area contributed by atoms with Crippen molar-refractivity contribution in [1.82, 2.24) is 10.2 Å². The molecule has 0 spiro atoms. The van der Waals surface area contributed by atoms with Crippen LogP contribution in [0.15, 0.2) is 29.2 Å². The van der Waals surface area contributed by atoms with Crippen LogP contribution in [0.2, 0.25) is 0 Å². The lowest BCUT2D eigenvalue weighted by Crippen LogP contribution is -2.39. The molecule has 0 amide bonds. The Labute approximate surface area is 125 Å². The number of nitrogens with one attached hydrogen (secondary N) is 1. The Bertz CT molecular complexity index is 430. The van der Waals surface area contributed by atoms with E-state index in [1.165, 1.54) is 38.8 Å². The maximum atomic E-state index is 13.6. The topological polar surface area (TPSA) is 15.3 Å². The average molecular weight is 294 g/mol. The molecule has 2 fully saturated rings. The standard InChI is InChI=1S/C16H23FN2S/c17-15-5-1-2-6-16(15)20-11-10-19(14-7-8-14)12-13-4-3-9-18-13/h1-2,5-6,13-14,18H,3-4,7-12H2. The highest BCUT2D eigenvalue weighted by Crippen LogP contribution is 2.29. The SMILES string of the molecule is Fc1ccccc1SCCN(CC1CCCN1)C1CC1. The molecule has 3 rings (SSSR count). The van der Waals surface area contributed by atoms with E-state index in [1.807, 2.05) is 12.1 Å². The van der Waals surface area contributed by atoms with Crippen LogP contribution in [0.1, 0.15) is 25.7 Å². The number of halogens is 1. The van der Waals surface area contributed by atoms with Crippen LogP contribution < -0.4 is 5.32 Å². The van der Waals surface area contributed by atoms with Crippen molar-refractivity contribution in [2.24, 2.45) is 0 Å². The zero-order valence-electron chi connectivity index (χ0n) is 11.9. The first-order valence-corrected chi connectivity index (χ1v) is 8.66. The van der Waals surface area contributed by atoms with Gasteiger partial charge in [0.05, 0.1) is 0 Å². The molecule has 1 saturated heterocycles. The molecular weight excluding hydrogens is 271 g/mol. The van der Waals surface area contributed by atoms with Gasteiger partial charge in [-0.1, -0.05) is 12.1 Å². The van der Waals surface area contributed by atoms with Gasteiger partial charge in [0.1, 0.15) is 5.82 Å². The molecule has 1 aliphatic heterocycles. The maximum Gasteiger partial charge on any atom is 0.136 e. The van der Waals surface area contributed by atoms with Crippen LogP contribution in [0.25, 0.3) is 0 Å². The molecule has 1 N–H and O–H groups in total. The van der Waals surface area contributed by atoms with E-state index in [9.17, 15) is 4.39 Å². The van der Waals surface area contributed by atoms with Crippen LogP contribution in [-0.4, -0.2) is 42.4 Å². The normalized spacial score (nSPS) is 22.6. The Hall–Kier alpha value is -0.580. The molecule has 1 unspecified atom stereocenters. The fraction of sp³-hybridized carbons (Fsp3) is 0.625. The lowest BCUT2D eigenvalue weighted by atomic mass is 10.2. The van der Waals surface area contributed by atoms with E-state index < -0.39 is 0 Å². The highest BCUT2D eigenvalue weighted by Gasteiger charge is 2.30. The predicted octanol–water partition coefficient (Wildman–Crippen LogP) is 3.13. The van der Waals surface area contributed by atoms with E-state index in [1.54, 1.807) is 23.9 Å². The second-order valence-corrected chi connectivity index (χ2v) is 6.94. The molecule has 1 heterocycles. The van der Waals surface area contributed by atoms with Crippen LogP contribution in [0.3, 0.4) is 0 Å². The van der Waals surface area contributed by atoms with Crippen molar-refractivity contribution in [3.8, 4) is 0 Å². The lowest BCUT2D eigenvalue weighted by Gasteiger charge is -2.25. The van der Waals surface area contributed by atoms with Gasteiger partial charge in [0.25, 0.3) is 0 Å². The van der Waals surface area contributed by atoms with Crippen molar-refractivity contribution < 1.29 is 4.39 Å². The van der Waals surface area contributed by atoms with Crippen molar-refractivity contribution in [3.63, 3.8) is 0 Å². The number of nitrogens with zero attached hydrogens (tertiary/aromatic N) is 1. The Balaban J connectivity index is 1.46. The van der Waals surface area contributed by atoms with E-state index in [4.69, 9.17) is 0 Å². The third kappa shape index (κ3) is 3.96. The fourth-order valence-electron chi connectivity index (χ4n) is 2.89. The van der Waals surface area contributed by atoms with Gasteiger partial charge in [-0.05, 0) is 44.4 Å². The molecule has 1 aromatic carbocycles. The summed E-state index contributed by atoms with van der Waals surface area (Å²) in [5, 5.41) is 3.58. The summed E-state index contributed by atoms with van der Waals surface area (Å²) < 4.78 is 13.6. The Morgan fingerprint density at radius 3 is 2.80 bits per heavy atom. The van der Waals surface area contributed by atoms with Crippen molar-refractivity contribution in [3.05, 3.63) is 30.1 Å². The van der Waals surface area contributed by atoms with Gasteiger partial charge in [0.2, 0.25) is 0 Å². The van der Waals surface area contributed by atoms with Gasteiger partial charge in [-0.2, -0.15) is 0 Å². The first-order valence-electron chi connectivity index (χ1n) is 7.68. The minimum absolute atomic E-state index is 0.0899. The number of hydrogen-bond donors (Lipinski definition) is 1. The Kier molecular flexibility index (Phi) is 4.97. The van der Waals surface area contributed by atoms with Gasteiger partial charge in [-0.25, -0.2) is 4.39 Å². The smallest absolute Gasteiger partial charge is 0.136 e. The van der Waals surface area contributed by atoms with Crippen LogP contribution >= 0.6 is 11.8 Å². The minimum Gasteiger partial charge on any atom is -0.313 e. The molecule has 0 radical (unpaired) electrons. The summed E-state index contributed by atoms with van der Waals surface area (Å²) in [6.45, 7) is 3.41.